The predicted molar refractivity (Wildman–Crippen MR) is 63.8 cm³/mol. The van der Waals surface area contributed by atoms with Gasteiger partial charge in [-0.05, 0) is 18.2 Å². The Labute approximate surface area is 99.9 Å². The molecule has 2 heterocycles. The number of thiazole rings is 1. The summed E-state index contributed by atoms with van der Waals surface area (Å²) in [5, 5.41) is 2.41. The third kappa shape index (κ3) is 1.64. The molecule has 0 unspecified atom stereocenters. The molecule has 0 aliphatic heterocycles. The predicted octanol–water partition coefficient (Wildman–Crippen LogP) is 2.99. The number of hydrogen-bond acceptors (Lipinski definition) is 3. The van der Waals surface area contributed by atoms with E-state index in [2.05, 4.69) is 9.97 Å². The van der Waals surface area contributed by atoms with Crippen molar-refractivity contribution in [2.24, 2.45) is 0 Å². The maximum atomic E-state index is 13.0. The molecule has 0 radical (unpaired) electrons. The number of carbonyl (C=O) groups is 1. The van der Waals surface area contributed by atoms with Crippen LogP contribution < -0.4 is 0 Å². The van der Waals surface area contributed by atoms with E-state index in [-0.39, 0.29) is 11.6 Å². The molecule has 17 heavy (non-hydrogen) atoms. The van der Waals surface area contributed by atoms with Gasteiger partial charge in [0, 0.05) is 28.0 Å². The molecule has 0 saturated heterocycles. The van der Waals surface area contributed by atoms with E-state index < -0.39 is 0 Å². The summed E-state index contributed by atoms with van der Waals surface area (Å²) in [6, 6.07) is 4.31. The summed E-state index contributed by atoms with van der Waals surface area (Å²) in [6.07, 6.45) is 1.59. The monoisotopic (exact) mass is 246 g/mol. The smallest absolute Gasteiger partial charge is 0.214 e. The van der Waals surface area contributed by atoms with Crippen molar-refractivity contribution in [1.82, 2.24) is 9.97 Å². The van der Waals surface area contributed by atoms with Gasteiger partial charge in [-0.3, -0.25) is 4.79 Å². The number of carbonyl (C=O) groups excluding carboxylic acids is 1. The van der Waals surface area contributed by atoms with Crippen LogP contribution in [-0.4, -0.2) is 15.8 Å². The van der Waals surface area contributed by atoms with Crippen LogP contribution in [0.25, 0.3) is 10.9 Å². The zero-order chi connectivity index (χ0) is 11.8. The topological polar surface area (TPSA) is 45.8 Å². The van der Waals surface area contributed by atoms with Gasteiger partial charge in [-0.15, -0.1) is 11.3 Å². The molecule has 0 fully saturated rings. The van der Waals surface area contributed by atoms with Crippen LogP contribution >= 0.6 is 11.3 Å². The van der Waals surface area contributed by atoms with Gasteiger partial charge in [0.25, 0.3) is 0 Å². The van der Waals surface area contributed by atoms with Crippen LogP contribution in [0, 0.1) is 5.82 Å². The lowest BCUT2D eigenvalue weighted by molar-refractivity contribution is 0.103. The number of nitrogens with one attached hydrogen (secondary N) is 1. The molecular weight excluding hydrogens is 239 g/mol. The summed E-state index contributed by atoms with van der Waals surface area (Å²) in [5.74, 6) is -0.476. The minimum Gasteiger partial charge on any atom is -0.360 e. The normalized spacial score (nSPS) is 10.9. The van der Waals surface area contributed by atoms with Gasteiger partial charge in [-0.25, -0.2) is 9.37 Å². The number of aromatic nitrogens is 2. The quantitative estimate of drug-likeness (QED) is 0.706. The molecule has 0 spiro atoms. The minimum atomic E-state index is -0.327. The highest BCUT2D eigenvalue weighted by molar-refractivity contribution is 7.07. The lowest BCUT2D eigenvalue weighted by atomic mass is 10.1. The number of benzene rings is 1. The van der Waals surface area contributed by atoms with E-state index in [4.69, 9.17) is 0 Å². The van der Waals surface area contributed by atoms with Crippen LogP contribution in [-0.2, 0) is 0 Å². The Bertz CT molecular complexity index is 688. The van der Waals surface area contributed by atoms with Crippen LogP contribution in [0.3, 0.4) is 0 Å². The first kappa shape index (κ1) is 10.2. The highest BCUT2D eigenvalue weighted by Gasteiger charge is 2.15. The Morgan fingerprint density at radius 2 is 2.29 bits per heavy atom. The van der Waals surface area contributed by atoms with Crippen molar-refractivity contribution in [2.75, 3.05) is 0 Å². The zero-order valence-electron chi connectivity index (χ0n) is 8.61. The molecule has 5 heteroatoms. The minimum absolute atomic E-state index is 0.149. The van der Waals surface area contributed by atoms with E-state index >= 15 is 0 Å². The first-order chi connectivity index (χ1) is 8.25. The fraction of sp³-hybridized carbons (Fsp3) is 0. The summed E-state index contributed by atoms with van der Waals surface area (Å²) < 4.78 is 13.0. The molecule has 0 atom stereocenters. The second-order valence-electron chi connectivity index (χ2n) is 3.60. The van der Waals surface area contributed by atoms with Gasteiger partial charge in [-0.2, -0.15) is 0 Å². The molecule has 3 rings (SSSR count). The number of rotatable bonds is 2. The van der Waals surface area contributed by atoms with Gasteiger partial charge in [0.15, 0.2) is 0 Å². The number of halogens is 1. The Balaban J connectivity index is 2.15. The van der Waals surface area contributed by atoms with Crippen molar-refractivity contribution in [3.63, 3.8) is 0 Å². The van der Waals surface area contributed by atoms with Crippen molar-refractivity contribution < 1.29 is 9.18 Å². The second kappa shape index (κ2) is 3.78. The van der Waals surface area contributed by atoms with Gasteiger partial charge >= 0.3 is 0 Å². The van der Waals surface area contributed by atoms with E-state index in [0.717, 1.165) is 0 Å². The van der Waals surface area contributed by atoms with Gasteiger partial charge < -0.3 is 4.98 Å². The number of ketones is 1. The van der Waals surface area contributed by atoms with Crippen molar-refractivity contribution in [1.29, 1.82) is 0 Å². The van der Waals surface area contributed by atoms with Crippen molar-refractivity contribution >= 4 is 28.0 Å². The van der Waals surface area contributed by atoms with Gasteiger partial charge in [0.1, 0.15) is 11.5 Å². The van der Waals surface area contributed by atoms with Crippen LogP contribution in [0.1, 0.15) is 16.1 Å². The van der Waals surface area contributed by atoms with Crippen LogP contribution in [0.2, 0.25) is 0 Å². The van der Waals surface area contributed by atoms with E-state index in [1.807, 2.05) is 0 Å². The lowest BCUT2D eigenvalue weighted by Crippen LogP contribution is -2.00. The van der Waals surface area contributed by atoms with Gasteiger partial charge in [-0.1, -0.05) is 0 Å². The maximum absolute atomic E-state index is 13.0. The maximum Gasteiger partial charge on any atom is 0.214 e. The Morgan fingerprint density at radius 3 is 3.06 bits per heavy atom. The Hall–Kier alpha value is -2.01. The van der Waals surface area contributed by atoms with E-state index in [1.54, 1.807) is 23.2 Å². The fourth-order valence-electron chi connectivity index (χ4n) is 1.75. The van der Waals surface area contributed by atoms with E-state index in [0.29, 0.717) is 22.2 Å². The summed E-state index contributed by atoms with van der Waals surface area (Å²) in [5.41, 5.74) is 3.16. The lowest BCUT2D eigenvalue weighted by Gasteiger charge is -1.95. The molecule has 0 aliphatic carbocycles. The summed E-state index contributed by atoms with van der Waals surface area (Å²) in [4.78, 5) is 19.0. The average molecular weight is 246 g/mol. The first-order valence-corrected chi connectivity index (χ1v) is 5.89. The molecule has 0 saturated carbocycles. The molecule has 3 nitrogen and oxygen atoms in total. The number of nitrogens with zero attached hydrogens (tertiary/aromatic N) is 1. The number of fused-ring (bicyclic) bond motifs is 1. The van der Waals surface area contributed by atoms with E-state index in [9.17, 15) is 9.18 Å². The zero-order valence-corrected chi connectivity index (χ0v) is 9.42. The van der Waals surface area contributed by atoms with Crippen molar-refractivity contribution in [2.45, 2.75) is 0 Å². The van der Waals surface area contributed by atoms with Gasteiger partial charge in [0.2, 0.25) is 5.78 Å². The standard InChI is InChI=1S/C12H7FN2OS/c13-7-1-2-8-9(4-14-10(8)3-7)12(16)11-5-17-6-15-11/h1-6,14H. The van der Waals surface area contributed by atoms with Crippen molar-refractivity contribution in [3.05, 3.63) is 52.4 Å². The third-order valence-electron chi connectivity index (χ3n) is 2.55. The highest BCUT2D eigenvalue weighted by Crippen LogP contribution is 2.21. The van der Waals surface area contributed by atoms with Crippen LogP contribution in [0.5, 0.6) is 0 Å². The summed E-state index contributed by atoms with van der Waals surface area (Å²) in [6.45, 7) is 0. The summed E-state index contributed by atoms with van der Waals surface area (Å²) in [7, 11) is 0. The molecule has 0 aliphatic rings. The molecule has 3 aromatic rings. The molecule has 0 amide bonds. The third-order valence-corrected chi connectivity index (χ3v) is 3.14. The van der Waals surface area contributed by atoms with Gasteiger partial charge in [0.05, 0.1) is 5.51 Å². The average Bonchev–Trinajstić information content (AvgIpc) is 2.96. The van der Waals surface area contributed by atoms with Crippen LogP contribution in [0.4, 0.5) is 4.39 Å². The number of H-pyrrole nitrogens is 1. The molecule has 2 aromatic heterocycles. The fourth-order valence-corrected chi connectivity index (χ4v) is 2.28. The van der Waals surface area contributed by atoms with Crippen LogP contribution in [0.15, 0.2) is 35.3 Å². The molecule has 84 valence electrons. The molecular formula is C12H7FN2OS. The number of aromatic amines is 1. The van der Waals surface area contributed by atoms with E-state index in [1.165, 1.54) is 23.5 Å². The number of hydrogen-bond donors (Lipinski definition) is 1. The Morgan fingerprint density at radius 1 is 1.41 bits per heavy atom. The second-order valence-corrected chi connectivity index (χ2v) is 4.31. The molecule has 1 aromatic carbocycles. The SMILES string of the molecule is O=C(c1cscn1)c1c[nH]c2cc(F)ccc12. The summed E-state index contributed by atoms with van der Waals surface area (Å²) >= 11 is 1.37. The van der Waals surface area contributed by atoms with Crippen molar-refractivity contribution in [3.8, 4) is 0 Å². The first-order valence-electron chi connectivity index (χ1n) is 4.95. The molecule has 1 N–H and O–H groups in total. The Kier molecular flexibility index (Phi) is 2.26. The highest BCUT2D eigenvalue weighted by atomic mass is 32.1. The largest absolute Gasteiger partial charge is 0.360 e. The molecule has 0 bridgehead atoms.